The Kier molecular flexibility index (Phi) is 5.34. The Hall–Kier alpha value is -0.340. The first kappa shape index (κ1) is 12.7. The van der Waals surface area contributed by atoms with E-state index in [4.69, 9.17) is 0 Å². The molecule has 0 aromatic rings. The molecule has 1 heterocycles. The molecule has 0 spiro atoms. The molecule has 1 atom stereocenters. The quantitative estimate of drug-likeness (QED) is 0.700. The summed E-state index contributed by atoms with van der Waals surface area (Å²) in [5, 5.41) is 0. The summed E-state index contributed by atoms with van der Waals surface area (Å²) in [6.07, 6.45) is 9.73. The summed E-state index contributed by atoms with van der Waals surface area (Å²) in [7, 11) is 0. The second kappa shape index (κ2) is 6.29. The SMILES string of the molecule is C=CC1=CC(=C)SC(CC)=CC1CSC. The van der Waals surface area contributed by atoms with Crippen LogP contribution in [0.5, 0.6) is 0 Å². The molecule has 0 aliphatic carbocycles. The normalized spacial score (nSPS) is 21.7. The van der Waals surface area contributed by atoms with Gasteiger partial charge >= 0.3 is 0 Å². The van der Waals surface area contributed by atoms with Crippen LogP contribution >= 0.6 is 23.5 Å². The molecule has 0 N–H and O–H groups in total. The summed E-state index contributed by atoms with van der Waals surface area (Å²) in [6, 6.07) is 0. The minimum absolute atomic E-state index is 0.499. The van der Waals surface area contributed by atoms with E-state index in [2.05, 4.69) is 38.5 Å². The van der Waals surface area contributed by atoms with Crippen molar-refractivity contribution < 1.29 is 0 Å². The van der Waals surface area contributed by atoms with Crippen LogP contribution in [0, 0.1) is 5.92 Å². The molecule has 0 radical (unpaired) electrons. The van der Waals surface area contributed by atoms with Crippen LogP contribution in [0.2, 0.25) is 0 Å². The van der Waals surface area contributed by atoms with E-state index in [9.17, 15) is 0 Å². The van der Waals surface area contributed by atoms with Crippen molar-refractivity contribution in [2.75, 3.05) is 12.0 Å². The molecule has 0 saturated carbocycles. The van der Waals surface area contributed by atoms with Gasteiger partial charge in [-0.1, -0.05) is 44.0 Å². The molecule has 1 aliphatic rings. The molecular weight excluding hydrogens is 220 g/mol. The van der Waals surface area contributed by atoms with Gasteiger partial charge in [0.25, 0.3) is 0 Å². The second-order valence-corrected chi connectivity index (χ2v) is 5.63. The van der Waals surface area contributed by atoms with Gasteiger partial charge in [0, 0.05) is 16.6 Å². The lowest BCUT2D eigenvalue weighted by atomic mass is 10.00. The van der Waals surface area contributed by atoms with Gasteiger partial charge in [0.2, 0.25) is 0 Å². The minimum atomic E-state index is 0.499. The van der Waals surface area contributed by atoms with Gasteiger partial charge in [-0.3, -0.25) is 0 Å². The van der Waals surface area contributed by atoms with Crippen LogP contribution in [0.25, 0.3) is 0 Å². The van der Waals surface area contributed by atoms with E-state index in [1.54, 1.807) is 11.8 Å². The van der Waals surface area contributed by atoms with E-state index in [-0.39, 0.29) is 0 Å². The van der Waals surface area contributed by atoms with Crippen molar-refractivity contribution in [3.05, 3.63) is 46.8 Å². The molecule has 2 heteroatoms. The zero-order chi connectivity index (χ0) is 11.3. The van der Waals surface area contributed by atoms with Crippen molar-refractivity contribution in [1.29, 1.82) is 0 Å². The van der Waals surface area contributed by atoms with Crippen molar-refractivity contribution in [2.24, 2.45) is 5.92 Å². The first-order chi connectivity index (χ1) is 7.21. The molecule has 0 nitrogen and oxygen atoms in total. The molecule has 82 valence electrons. The highest BCUT2D eigenvalue weighted by atomic mass is 32.2. The smallest absolute Gasteiger partial charge is 0.0120 e. The zero-order valence-corrected chi connectivity index (χ0v) is 11.1. The van der Waals surface area contributed by atoms with Crippen LogP contribution < -0.4 is 0 Å². The highest BCUT2D eigenvalue weighted by molar-refractivity contribution is 8.06. The van der Waals surface area contributed by atoms with Gasteiger partial charge in [-0.2, -0.15) is 11.8 Å². The topological polar surface area (TPSA) is 0 Å². The lowest BCUT2D eigenvalue weighted by molar-refractivity contribution is 0.899. The Morgan fingerprint density at radius 1 is 1.60 bits per heavy atom. The van der Waals surface area contributed by atoms with Crippen molar-refractivity contribution in [2.45, 2.75) is 13.3 Å². The third-order valence-corrected chi connectivity index (χ3v) is 4.09. The Morgan fingerprint density at radius 3 is 2.87 bits per heavy atom. The average molecular weight is 238 g/mol. The van der Waals surface area contributed by atoms with Gasteiger partial charge in [-0.15, -0.1) is 0 Å². The lowest BCUT2D eigenvalue weighted by Gasteiger charge is -2.11. The molecule has 1 unspecified atom stereocenters. The third-order valence-electron chi connectivity index (χ3n) is 2.34. The molecule has 0 bridgehead atoms. The van der Waals surface area contributed by atoms with Crippen LogP contribution in [0.4, 0.5) is 0 Å². The summed E-state index contributed by atoms with van der Waals surface area (Å²) in [5.74, 6) is 1.62. The van der Waals surface area contributed by atoms with E-state index in [1.807, 2.05) is 17.8 Å². The van der Waals surface area contributed by atoms with Crippen molar-refractivity contribution in [1.82, 2.24) is 0 Å². The molecule has 0 aromatic heterocycles. The maximum Gasteiger partial charge on any atom is 0.0120 e. The summed E-state index contributed by atoms with van der Waals surface area (Å²) < 4.78 is 0. The number of hydrogen-bond donors (Lipinski definition) is 0. The predicted molar refractivity (Wildman–Crippen MR) is 75.3 cm³/mol. The van der Waals surface area contributed by atoms with E-state index in [1.165, 1.54) is 10.5 Å². The van der Waals surface area contributed by atoms with Crippen LogP contribution in [-0.2, 0) is 0 Å². The van der Waals surface area contributed by atoms with Crippen LogP contribution in [-0.4, -0.2) is 12.0 Å². The highest BCUT2D eigenvalue weighted by Crippen LogP contribution is 2.35. The monoisotopic (exact) mass is 238 g/mol. The van der Waals surface area contributed by atoms with E-state index in [0.29, 0.717) is 5.92 Å². The molecule has 0 amide bonds. The fourth-order valence-corrected chi connectivity index (χ4v) is 3.13. The first-order valence-corrected chi connectivity index (χ1v) is 7.32. The number of allylic oxidation sites excluding steroid dienone is 5. The Balaban J connectivity index is 2.98. The fraction of sp³-hybridized carbons (Fsp3) is 0.385. The van der Waals surface area contributed by atoms with Gasteiger partial charge in [0.15, 0.2) is 0 Å². The average Bonchev–Trinajstić information content (AvgIpc) is 2.38. The maximum absolute atomic E-state index is 4.06. The second-order valence-electron chi connectivity index (χ2n) is 3.47. The fourth-order valence-electron chi connectivity index (χ4n) is 1.57. The molecule has 15 heavy (non-hydrogen) atoms. The highest BCUT2D eigenvalue weighted by Gasteiger charge is 2.14. The molecule has 1 aliphatic heterocycles. The van der Waals surface area contributed by atoms with Gasteiger partial charge in [-0.25, -0.2) is 0 Å². The zero-order valence-electron chi connectivity index (χ0n) is 9.45. The van der Waals surface area contributed by atoms with Crippen molar-refractivity contribution in [3.63, 3.8) is 0 Å². The van der Waals surface area contributed by atoms with E-state index in [0.717, 1.165) is 17.1 Å². The lowest BCUT2D eigenvalue weighted by Crippen LogP contribution is -2.02. The van der Waals surface area contributed by atoms with E-state index >= 15 is 0 Å². The standard InChI is InChI=1S/C13H18S2/c1-5-11-7-10(3)15-13(6-2)8-12(11)9-14-4/h5,7-8,12H,1,3,6,9H2,2,4H3. The largest absolute Gasteiger partial charge is 0.164 e. The number of rotatable bonds is 4. The van der Waals surface area contributed by atoms with Crippen molar-refractivity contribution >= 4 is 23.5 Å². The molecule has 0 fully saturated rings. The van der Waals surface area contributed by atoms with Crippen LogP contribution in [0.1, 0.15) is 13.3 Å². The van der Waals surface area contributed by atoms with Gasteiger partial charge in [0.05, 0.1) is 0 Å². The molecule has 1 rings (SSSR count). The Morgan fingerprint density at radius 2 is 2.33 bits per heavy atom. The van der Waals surface area contributed by atoms with Gasteiger partial charge in [-0.05, 0) is 29.2 Å². The predicted octanol–water partition coefficient (Wildman–Crippen LogP) is 4.63. The Labute approximate surface area is 102 Å². The number of thioether (sulfide) groups is 2. The van der Waals surface area contributed by atoms with Gasteiger partial charge in [0.1, 0.15) is 0 Å². The summed E-state index contributed by atoms with van der Waals surface area (Å²) in [5.41, 5.74) is 1.30. The number of hydrogen-bond acceptors (Lipinski definition) is 2. The third kappa shape index (κ3) is 3.62. The molecule has 0 aromatic carbocycles. The summed E-state index contributed by atoms with van der Waals surface area (Å²) in [4.78, 5) is 2.55. The van der Waals surface area contributed by atoms with Crippen molar-refractivity contribution in [3.8, 4) is 0 Å². The molecule has 0 saturated heterocycles. The maximum atomic E-state index is 4.06. The van der Waals surface area contributed by atoms with Crippen LogP contribution in [0.3, 0.4) is 0 Å². The van der Waals surface area contributed by atoms with Crippen LogP contribution in [0.15, 0.2) is 46.8 Å². The Bertz CT molecular complexity index is 310. The summed E-state index contributed by atoms with van der Waals surface area (Å²) >= 11 is 3.67. The summed E-state index contributed by atoms with van der Waals surface area (Å²) in [6.45, 7) is 10.1. The molecular formula is C13H18S2. The minimum Gasteiger partial charge on any atom is -0.164 e. The van der Waals surface area contributed by atoms with Gasteiger partial charge < -0.3 is 0 Å². The first-order valence-electron chi connectivity index (χ1n) is 5.11. The van der Waals surface area contributed by atoms with E-state index < -0.39 is 0 Å².